The van der Waals surface area contributed by atoms with Crippen LogP contribution in [0.2, 0.25) is 0 Å². The summed E-state index contributed by atoms with van der Waals surface area (Å²) >= 11 is 0. The van der Waals surface area contributed by atoms with E-state index in [4.69, 9.17) is 5.84 Å². The Bertz CT molecular complexity index is 189. The number of hydrogen-bond donors (Lipinski definition) is 1. The molecular weight excluding hydrogens is 124 g/mol. The molecule has 1 aliphatic heterocycles. The normalized spacial score (nSPS) is 22.8. The van der Waals surface area contributed by atoms with Gasteiger partial charge in [-0.1, -0.05) is 11.6 Å². The molecule has 0 radical (unpaired) electrons. The van der Waals surface area contributed by atoms with Crippen LogP contribution < -0.4 is 5.84 Å². The minimum absolute atomic E-state index is 0.0289. The molecule has 0 fully saturated rings. The molecule has 1 rings (SSSR count). The predicted molar refractivity (Wildman–Crippen MR) is 43.0 cm³/mol. The Balaban J connectivity index is 2.88. The fourth-order valence-corrected chi connectivity index (χ4v) is 1.07. The standard InChI is InChI=1S/C8H14N2/c1-7-4-5-10(9)8(2,3)6-7/h4-6H,9H2,1-3H3. The molecule has 2 heteroatoms. The zero-order chi connectivity index (χ0) is 7.78. The SMILES string of the molecule is CC1=CC(C)(C)N(N)C=C1. The van der Waals surface area contributed by atoms with Crippen LogP contribution in [0.5, 0.6) is 0 Å². The monoisotopic (exact) mass is 138 g/mol. The summed E-state index contributed by atoms with van der Waals surface area (Å²) in [7, 11) is 0. The van der Waals surface area contributed by atoms with Crippen molar-refractivity contribution < 1.29 is 0 Å². The van der Waals surface area contributed by atoms with Gasteiger partial charge in [0.25, 0.3) is 0 Å². The number of nitrogens with two attached hydrogens (primary N) is 1. The molecule has 0 saturated carbocycles. The fraction of sp³-hybridized carbons (Fsp3) is 0.500. The van der Waals surface area contributed by atoms with Crippen molar-refractivity contribution in [2.24, 2.45) is 5.84 Å². The first-order valence-corrected chi connectivity index (χ1v) is 3.44. The summed E-state index contributed by atoms with van der Waals surface area (Å²) in [5.74, 6) is 5.68. The van der Waals surface area contributed by atoms with E-state index in [1.807, 2.05) is 12.3 Å². The van der Waals surface area contributed by atoms with E-state index in [9.17, 15) is 0 Å². The third-order valence-electron chi connectivity index (χ3n) is 1.74. The lowest BCUT2D eigenvalue weighted by Crippen LogP contribution is -2.44. The van der Waals surface area contributed by atoms with Crippen LogP contribution in [0, 0.1) is 0 Å². The topological polar surface area (TPSA) is 29.3 Å². The molecule has 1 aliphatic rings. The molecule has 0 unspecified atom stereocenters. The summed E-state index contributed by atoms with van der Waals surface area (Å²) in [5.41, 5.74) is 1.24. The Labute approximate surface area is 62.0 Å². The van der Waals surface area contributed by atoms with Gasteiger partial charge in [0.1, 0.15) is 0 Å². The zero-order valence-corrected chi connectivity index (χ0v) is 6.76. The third-order valence-corrected chi connectivity index (χ3v) is 1.74. The van der Waals surface area contributed by atoms with E-state index < -0.39 is 0 Å². The van der Waals surface area contributed by atoms with Gasteiger partial charge in [-0.15, -0.1) is 0 Å². The summed E-state index contributed by atoms with van der Waals surface area (Å²) in [4.78, 5) is 0. The minimum atomic E-state index is -0.0289. The smallest absolute Gasteiger partial charge is 0.0683 e. The quantitative estimate of drug-likeness (QED) is 0.513. The molecule has 0 aromatic heterocycles. The van der Waals surface area contributed by atoms with E-state index in [0.717, 1.165) is 0 Å². The van der Waals surface area contributed by atoms with E-state index in [0.29, 0.717) is 0 Å². The Morgan fingerprint density at radius 2 is 2.10 bits per heavy atom. The molecule has 0 amide bonds. The molecule has 0 atom stereocenters. The molecule has 0 bridgehead atoms. The summed E-state index contributed by atoms with van der Waals surface area (Å²) in [6.45, 7) is 6.24. The molecule has 10 heavy (non-hydrogen) atoms. The highest BCUT2D eigenvalue weighted by atomic mass is 15.4. The number of hydrogen-bond acceptors (Lipinski definition) is 2. The molecule has 2 N–H and O–H groups in total. The van der Waals surface area contributed by atoms with Crippen LogP contribution in [-0.2, 0) is 0 Å². The summed E-state index contributed by atoms with van der Waals surface area (Å²) < 4.78 is 0. The van der Waals surface area contributed by atoms with Gasteiger partial charge in [-0.05, 0) is 26.8 Å². The first-order valence-electron chi connectivity index (χ1n) is 3.44. The largest absolute Gasteiger partial charge is 0.309 e. The van der Waals surface area contributed by atoms with Gasteiger partial charge in [-0.3, -0.25) is 0 Å². The van der Waals surface area contributed by atoms with Gasteiger partial charge in [-0.2, -0.15) is 0 Å². The van der Waals surface area contributed by atoms with E-state index >= 15 is 0 Å². The van der Waals surface area contributed by atoms with E-state index in [2.05, 4.69) is 26.8 Å². The second-order valence-corrected chi connectivity index (χ2v) is 3.27. The highest BCUT2D eigenvalue weighted by Crippen LogP contribution is 2.19. The van der Waals surface area contributed by atoms with Gasteiger partial charge in [-0.25, -0.2) is 5.84 Å². The molecular formula is C8H14N2. The van der Waals surface area contributed by atoms with Crippen LogP contribution >= 0.6 is 0 Å². The summed E-state index contributed by atoms with van der Waals surface area (Å²) in [6, 6.07) is 0. The van der Waals surface area contributed by atoms with Crippen LogP contribution in [0.1, 0.15) is 20.8 Å². The first kappa shape index (κ1) is 7.35. The van der Waals surface area contributed by atoms with Crippen molar-refractivity contribution >= 4 is 0 Å². The third kappa shape index (κ3) is 1.21. The molecule has 2 nitrogen and oxygen atoms in total. The average molecular weight is 138 g/mol. The number of nitrogens with zero attached hydrogens (tertiary/aromatic N) is 1. The number of rotatable bonds is 0. The van der Waals surface area contributed by atoms with Crippen LogP contribution in [0.15, 0.2) is 23.9 Å². The lowest BCUT2D eigenvalue weighted by atomic mass is 9.99. The van der Waals surface area contributed by atoms with Gasteiger partial charge in [0, 0.05) is 6.20 Å². The van der Waals surface area contributed by atoms with Crippen molar-refractivity contribution in [1.29, 1.82) is 0 Å². The summed E-state index contributed by atoms with van der Waals surface area (Å²) in [6.07, 6.45) is 6.05. The maximum atomic E-state index is 5.68. The highest BCUT2D eigenvalue weighted by molar-refractivity contribution is 5.25. The van der Waals surface area contributed by atoms with Gasteiger partial charge < -0.3 is 5.01 Å². The molecule has 0 spiro atoms. The maximum absolute atomic E-state index is 5.68. The van der Waals surface area contributed by atoms with E-state index in [-0.39, 0.29) is 5.54 Å². The van der Waals surface area contributed by atoms with Crippen molar-refractivity contribution in [2.45, 2.75) is 26.3 Å². The van der Waals surface area contributed by atoms with E-state index in [1.165, 1.54) is 5.57 Å². The summed E-state index contributed by atoms with van der Waals surface area (Å²) in [5, 5.41) is 1.71. The number of hydrazine groups is 1. The van der Waals surface area contributed by atoms with Crippen molar-refractivity contribution in [3.8, 4) is 0 Å². The highest BCUT2D eigenvalue weighted by Gasteiger charge is 2.20. The maximum Gasteiger partial charge on any atom is 0.0683 e. The van der Waals surface area contributed by atoms with Crippen LogP contribution in [0.4, 0.5) is 0 Å². The Kier molecular flexibility index (Phi) is 1.57. The molecule has 0 saturated heterocycles. The van der Waals surface area contributed by atoms with Crippen LogP contribution in [-0.4, -0.2) is 10.5 Å². The first-order chi connectivity index (χ1) is 4.52. The lowest BCUT2D eigenvalue weighted by molar-refractivity contribution is 0.238. The van der Waals surface area contributed by atoms with E-state index in [1.54, 1.807) is 5.01 Å². The molecule has 0 aliphatic carbocycles. The second-order valence-electron chi connectivity index (χ2n) is 3.27. The van der Waals surface area contributed by atoms with Gasteiger partial charge >= 0.3 is 0 Å². The van der Waals surface area contributed by atoms with Crippen molar-refractivity contribution in [3.05, 3.63) is 23.9 Å². The van der Waals surface area contributed by atoms with Gasteiger partial charge in [0.2, 0.25) is 0 Å². The van der Waals surface area contributed by atoms with Crippen molar-refractivity contribution in [1.82, 2.24) is 5.01 Å². The molecule has 0 aromatic carbocycles. The second kappa shape index (κ2) is 2.13. The Hall–Kier alpha value is -0.760. The van der Waals surface area contributed by atoms with Gasteiger partial charge in [0.05, 0.1) is 5.54 Å². The predicted octanol–water partition coefficient (Wildman–Crippen LogP) is 1.41. The minimum Gasteiger partial charge on any atom is -0.309 e. The van der Waals surface area contributed by atoms with Gasteiger partial charge in [0.15, 0.2) is 0 Å². The fourth-order valence-electron chi connectivity index (χ4n) is 1.07. The molecule has 1 heterocycles. The van der Waals surface area contributed by atoms with Crippen molar-refractivity contribution in [3.63, 3.8) is 0 Å². The Morgan fingerprint density at radius 3 is 2.50 bits per heavy atom. The van der Waals surface area contributed by atoms with Crippen LogP contribution in [0.25, 0.3) is 0 Å². The van der Waals surface area contributed by atoms with Crippen molar-refractivity contribution in [2.75, 3.05) is 0 Å². The lowest BCUT2D eigenvalue weighted by Gasteiger charge is -2.34. The van der Waals surface area contributed by atoms with Crippen LogP contribution in [0.3, 0.4) is 0 Å². The Morgan fingerprint density at radius 1 is 1.50 bits per heavy atom. The zero-order valence-electron chi connectivity index (χ0n) is 6.76. The average Bonchev–Trinajstić information content (AvgIpc) is 1.78. The molecule has 0 aromatic rings. The number of allylic oxidation sites excluding steroid dienone is 2. The molecule has 56 valence electrons.